The summed E-state index contributed by atoms with van der Waals surface area (Å²) in [6.45, 7) is 8.07. The lowest BCUT2D eigenvalue weighted by molar-refractivity contribution is -0.142. The molecule has 0 radical (unpaired) electrons. The molecule has 1 aliphatic rings. The van der Waals surface area contributed by atoms with E-state index in [4.69, 9.17) is 14.2 Å². The molecule has 0 N–H and O–H groups in total. The van der Waals surface area contributed by atoms with Gasteiger partial charge in [0.25, 0.3) is 0 Å². The maximum absolute atomic E-state index is 13.0. The van der Waals surface area contributed by atoms with Gasteiger partial charge in [-0.15, -0.1) is 0 Å². The van der Waals surface area contributed by atoms with E-state index < -0.39 is 35.8 Å². The van der Waals surface area contributed by atoms with Gasteiger partial charge in [-0.1, -0.05) is 51.5 Å². The third-order valence-corrected chi connectivity index (χ3v) is 7.24. The lowest BCUT2D eigenvalue weighted by Crippen LogP contribution is -2.20. The van der Waals surface area contributed by atoms with Crippen LogP contribution in [0, 0.1) is 17.6 Å². The summed E-state index contributed by atoms with van der Waals surface area (Å²) in [5.74, 6) is -2.51. The summed E-state index contributed by atoms with van der Waals surface area (Å²) in [5.41, 5.74) is 1.64. The van der Waals surface area contributed by atoms with E-state index in [1.165, 1.54) is 19.3 Å². The molecule has 0 aromatic heterocycles. The van der Waals surface area contributed by atoms with Crippen molar-refractivity contribution in [2.75, 3.05) is 19.8 Å². The highest BCUT2D eigenvalue weighted by Crippen LogP contribution is 2.44. The average Bonchev–Trinajstić information content (AvgIpc) is 3.02. The Labute approximate surface area is 259 Å². The second-order valence-electron chi connectivity index (χ2n) is 10.8. The Morgan fingerprint density at radius 2 is 1.40 bits per heavy atom. The zero-order chi connectivity index (χ0) is 33.0. The van der Waals surface area contributed by atoms with Gasteiger partial charge in [0.1, 0.15) is 35.4 Å². The Kier molecular flexibility index (Phi) is 13.8. The van der Waals surface area contributed by atoms with E-state index in [1.807, 2.05) is 24.3 Å². The fourth-order valence-corrected chi connectivity index (χ4v) is 5.06. The molecule has 0 bridgehead atoms. The first-order chi connectivity index (χ1) is 21.6. The van der Waals surface area contributed by atoms with E-state index in [9.17, 15) is 30.9 Å². The minimum absolute atomic E-state index is 0.0732. The summed E-state index contributed by atoms with van der Waals surface area (Å²) >= 11 is 0. The quantitative estimate of drug-likeness (QED) is 0.184. The van der Waals surface area contributed by atoms with Gasteiger partial charge in [-0.25, -0.2) is 13.2 Å². The first-order valence-corrected chi connectivity index (χ1v) is 15.1. The molecule has 11 heteroatoms. The van der Waals surface area contributed by atoms with Crippen LogP contribution in [-0.4, -0.2) is 19.8 Å². The normalized spacial score (nSPS) is 16.5. The molecule has 1 heterocycles. The molecule has 0 aliphatic carbocycles. The highest BCUT2D eigenvalue weighted by atomic mass is 19.4. The highest BCUT2D eigenvalue weighted by Gasteiger charge is 2.38. The van der Waals surface area contributed by atoms with Gasteiger partial charge in [0.2, 0.25) is 0 Å². The van der Waals surface area contributed by atoms with E-state index in [2.05, 4.69) is 37.8 Å². The van der Waals surface area contributed by atoms with Crippen LogP contribution in [0.3, 0.4) is 0 Å². The van der Waals surface area contributed by atoms with Crippen molar-refractivity contribution in [3.05, 3.63) is 76.9 Å². The summed E-state index contributed by atoms with van der Waals surface area (Å²) in [6, 6.07) is 12.0. The van der Waals surface area contributed by atoms with Crippen molar-refractivity contribution in [1.29, 1.82) is 0 Å². The van der Waals surface area contributed by atoms with Gasteiger partial charge in [0.05, 0.1) is 31.5 Å². The van der Waals surface area contributed by atoms with Crippen LogP contribution in [0.1, 0.15) is 82.1 Å². The molecule has 2 atom stereocenters. The Hall–Kier alpha value is -3.47. The first kappa shape index (κ1) is 36.0. The monoisotopic (exact) mass is 644 g/mol. The molecule has 248 valence electrons. The summed E-state index contributed by atoms with van der Waals surface area (Å²) < 4.78 is 104. The van der Waals surface area contributed by atoms with Crippen LogP contribution < -0.4 is 14.4 Å². The molecule has 3 aromatic rings. The number of alkyl halides is 4. The fraction of sp³-hybridized carbons (Fsp3) is 0.471. The van der Waals surface area contributed by atoms with Gasteiger partial charge in [-0.2, -0.15) is 13.2 Å². The summed E-state index contributed by atoms with van der Waals surface area (Å²) in [4.78, 5) is 2.90. The molecule has 1 fully saturated rings. The van der Waals surface area contributed by atoms with Crippen LogP contribution in [0.25, 0.3) is 11.1 Å². The minimum atomic E-state index is -5.16. The molecule has 4 rings (SSSR count). The summed E-state index contributed by atoms with van der Waals surface area (Å²) in [6.07, 6.45) is 1.42. The molecule has 0 saturated carbocycles. The van der Waals surface area contributed by atoms with Crippen molar-refractivity contribution in [3.63, 3.8) is 0 Å². The van der Waals surface area contributed by atoms with Crippen molar-refractivity contribution in [2.24, 2.45) is 5.92 Å². The summed E-state index contributed by atoms with van der Waals surface area (Å²) in [5, 5.41) is 0. The van der Waals surface area contributed by atoms with E-state index >= 15 is 0 Å². The second-order valence-corrected chi connectivity index (χ2v) is 10.8. The topological polar surface area (TPSA) is 36.9 Å². The van der Waals surface area contributed by atoms with Crippen molar-refractivity contribution in [2.45, 2.75) is 78.3 Å². The van der Waals surface area contributed by atoms with Gasteiger partial charge in [0.15, 0.2) is 5.75 Å². The van der Waals surface area contributed by atoms with Crippen molar-refractivity contribution < 1.29 is 50.0 Å². The number of rotatable bonds is 12. The number of benzene rings is 3. The molecular formula is C34H39F7O4. The zero-order valence-electron chi connectivity index (χ0n) is 25.6. The van der Waals surface area contributed by atoms with Crippen molar-refractivity contribution >= 4 is 0 Å². The number of hydrogen-bond donors (Lipinski definition) is 0. The van der Waals surface area contributed by atoms with Crippen LogP contribution in [0.2, 0.25) is 0 Å². The molecule has 1 aliphatic heterocycles. The van der Waals surface area contributed by atoms with Gasteiger partial charge >= 0.3 is 6.18 Å². The van der Waals surface area contributed by atoms with E-state index in [0.717, 1.165) is 54.1 Å². The largest absolute Gasteiger partial charge is 0.493 e. The number of hydrogen-bond acceptors (Lipinski definition) is 4. The predicted octanol–water partition coefficient (Wildman–Crippen LogP) is 10.9. The Bertz CT molecular complexity index is 1290. The molecule has 0 amide bonds. The SMILES string of the molecule is CCCOc1cc(C2CC[C@@H](CCC)CO2)cc(OCCC)c1-c1ccc(CF)cc1.FOc1cc(F)c(C(F)(F)F)c(F)c1. The van der Waals surface area contributed by atoms with Crippen LogP contribution in [-0.2, 0) is 17.6 Å². The molecular weight excluding hydrogens is 605 g/mol. The van der Waals surface area contributed by atoms with Gasteiger partial charge in [-0.05, 0) is 66.8 Å². The van der Waals surface area contributed by atoms with Crippen molar-refractivity contribution in [3.8, 4) is 28.4 Å². The van der Waals surface area contributed by atoms with Crippen LogP contribution in [0.15, 0.2) is 48.5 Å². The standard InChI is InChI=1S/C27H37FO3.C7H2F6O/c1-4-7-21-10-13-24(31-19-21)23-16-25(29-14-5-2)27(26(17-23)30-15-6-3)22-11-8-20(18-28)9-12-22;8-4-1-3(14-13)2-5(9)6(4)7(10,11)12/h8-9,11-12,16-17,21,24H,4-7,10,13-15,18-19H2,1-3H3;1-2H/t21-,24?;/m1./s1. The molecule has 45 heavy (non-hydrogen) atoms. The highest BCUT2D eigenvalue weighted by molar-refractivity contribution is 5.78. The van der Waals surface area contributed by atoms with E-state index in [0.29, 0.717) is 24.7 Å². The Balaban J connectivity index is 0.000000330. The van der Waals surface area contributed by atoms with Crippen LogP contribution in [0.4, 0.5) is 30.9 Å². The van der Waals surface area contributed by atoms with E-state index in [-0.39, 0.29) is 18.2 Å². The first-order valence-electron chi connectivity index (χ1n) is 15.1. The lowest BCUT2D eigenvalue weighted by Gasteiger charge is -2.30. The predicted molar refractivity (Wildman–Crippen MR) is 158 cm³/mol. The molecule has 3 aromatic carbocycles. The smallest absolute Gasteiger partial charge is 0.422 e. The van der Waals surface area contributed by atoms with Gasteiger partial charge in [-0.3, -0.25) is 4.94 Å². The van der Waals surface area contributed by atoms with Crippen LogP contribution in [0.5, 0.6) is 17.2 Å². The molecule has 4 nitrogen and oxygen atoms in total. The summed E-state index contributed by atoms with van der Waals surface area (Å²) in [7, 11) is 0. The van der Waals surface area contributed by atoms with Gasteiger partial charge in [0, 0.05) is 16.7 Å². The second kappa shape index (κ2) is 17.3. The molecule has 1 unspecified atom stereocenters. The minimum Gasteiger partial charge on any atom is -0.493 e. The van der Waals surface area contributed by atoms with Crippen LogP contribution >= 0.6 is 0 Å². The van der Waals surface area contributed by atoms with Gasteiger partial charge < -0.3 is 14.2 Å². The van der Waals surface area contributed by atoms with E-state index in [1.54, 1.807) is 0 Å². The third-order valence-electron chi connectivity index (χ3n) is 7.24. The molecule has 1 saturated heterocycles. The maximum atomic E-state index is 13.0. The Morgan fingerprint density at radius 3 is 1.82 bits per heavy atom. The van der Waals surface area contributed by atoms with Crippen molar-refractivity contribution in [1.82, 2.24) is 0 Å². The zero-order valence-corrected chi connectivity index (χ0v) is 25.6. The Morgan fingerprint density at radius 1 is 0.822 bits per heavy atom. The lowest BCUT2D eigenvalue weighted by atomic mass is 9.90. The average molecular weight is 645 g/mol. The fourth-order valence-electron chi connectivity index (χ4n) is 5.06. The number of ether oxygens (including phenoxy) is 3. The maximum Gasteiger partial charge on any atom is 0.422 e. The molecule has 0 spiro atoms. The number of halogens is 7. The third kappa shape index (κ3) is 10.0.